The van der Waals surface area contributed by atoms with Crippen molar-refractivity contribution in [1.29, 1.82) is 0 Å². The number of aromatic nitrogens is 2. The summed E-state index contributed by atoms with van der Waals surface area (Å²) in [5, 5.41) is 8.26. The Bertz CT molecular complexity index is 799. The molecule has 0 aliphatic heterocycles. The molecule has 2 aliphatic rings. The Morgan fingerprint density at radius 3 is 2.46 bits per heavy atom. The van der Waals surface area contributed by atoms with Crippen LogP contribution in [0.4, 0.5) is 0 Å². The zero-order valence-electron chi connectivity index (χ0n) is 16.8. The fourth-order valence-corrected chi connectivity index (χ4v) is 4.02. The lowest BCUT2D eigenvalue weighted by molar-refractivity contribution is -0.132. The Morgan fingerprint density at radius 1 is 1.14 bits per heavy atom. The molecule has 0 N–H and O–H groups in total. The summed E-state index contributed by atoms with van der Waals surface area (Å²) in [5.41, 5.74) is 1.17. The predicted molar refractivity (Wildman–Crippen MR) is 105 cm³/mol. The molecule has 1 amide bonds. The second-order valence-corrected chi connectivity index (χ2v) is 8.11. The van der Waals surface area contributed by atoms with Crippen molar-refractivity contribution in [3.05, 3.63) is 41.6 Å². The molecule has 0 unspecified atom stereocenters. The number of rotatable bonds is 10. The third-order valence-electron chi connectivity index (χ3n) is 5.87. The first-order valence-electron chi connectivity index (χ1n) is 10.3. The molecule has 6 nitrogen and oxygen atoms in total. The maximum Gasteiger partial charge on any atom is 0.223 e. The van der Waals surface area contributed by atoms with Gasteiger partial charge in [-0.2, -0.15) is 0 Å². The Balaban J connectivity index is 1.25. The number of hydrogen-bond acceptors (Lipinski definition) is 5. The van der Waals surface area contributed by atoms with Gasteiger partial charge in [-0.05, 0) is 61.6 Å². The van der Waals surface area contributed by atoms with Gasteiger partial charge in [-0.3, -0.25) is 4.79 Å². The highest BCUT2D eigenvalue weighted by Crippen LogP contribution is 2.46. The van der Waals surface area contributed by atoms with Gasteiger partial charge in [-0.25, -0.2) is 0 Å². The van der Waals surface area contributed by atoms with Crippen LogP contribution in [0.15, 0.2) is 28.7 Å². The second kappa shape index (κ2) is 8.33. The molecule has 4 rings (SSSR count). The van der Waals surface area contributed by atoms with Gasteiger partial charge in [-0.15, -0.1) is 10.2 Å². The van der Waals surface area contributed by atoms with Crippen molar-refractivity contribution in [2.45, 2.75) is 57.4 Å². The van der Waals surface area contributed by atoms with E-state index in [2.05, 4.69) is 16.3 Å². The summed E-state index contributed by atoms with van der Waals surface area (Å²) in [7, 11) is 3.64. The monoisotopic (exact) mass is 383 g/mol. The van der Waals surface area contributed by atoms with E-state index in [1.807, 2.05) is 30.1 Å². The van der Waals surface area contributed by atoms with Gasteiger partial charge in [0.1, 0.15) is 5.75 Å². The van der Waals surface area contributed by atoms with Gasteiger partial charge in [0, 0.05) is 32.4 Å². The normalized spacial score (nSPS) is 16.4. The molecule has 0 bridgehead atoms. The summed E-state index contributed by atoms with van der Waals surface area (Å²) in [5.74, 6) is 3.67. The molecule has 2 aliphatic carbocycles. The molecular formula is C22H29N3O3. The summed E-state index contributed by atoms with van der Waals surface area (Å²) < 4.78 is 11.0. The smallest absolute Gasteiger partial charge is 0.223 e. The first-order chi connectivity index (χ1) is 13.6. The summed E-state index contributed by atoms with van der Waals surface area (Å²) in [6, 6.07) is 8.44. The Kier molecular flexibility index (Phi) is 5.64. The van der Waals surface area contributed by atoms with E-state index in [0.29, 0.717) is 37.1 Å². The quantitative estimate of drug-likeness (QED) is 0.629. The number of carbonyl (C=O) groups is 1. The Labute approximate surface area is 166 Å². The van der Waals surface area contributed by atoms with Crippen LogP contribution in [0.3, 0.4) is 0 Å². The number of benzene rings is 1. The summed E-state index contributed by atoms with van der Waals surface area (Å²) in [6.07, 6.45) is 7.54. The van der Waals surface area contributed by atoms with Crippen LogP contribution in [-0.4, -0.2) is 41.2 Å². The Morgan fingerprint density at radius 2 is 1.82 bits per heavy atom. The number of methoxy groups -OCH3 is 1. The number of hydrogen-bond donors (Lipinski definition) is 0. The molecule has 150 valence electrons. The van der Waals surface area contributed by atoms with Crippen LogP contribution in [0.25, 0.3) is 0 Å². The molecule has 0 spiro atoms. The van der Waals surface area contributed by atoms with Crippen LogP contribution >= 0.6 is 0 Å². The molecule has 2 fully saturated rings. The minimum absolute atomic E-state index is 0.194. The van der Waals surface area contributed by atoms with Crippen molar-refractivity contribution in [3.63, 3.8) is 0 Å². The standard InChI is InChI=1S/C22H29N3O3/c1-25(22(16-7-8-16)17-9-10-17)21(26)13-12-20-24-23-19(28-20)11-6-15-4-3-5-18(14-15)27-2/h3-5,14,16-17,22H,6-13H2,1-2H3. The van der Waals surface area contributed by atoms with Crippen molar-refractivity contribution in [1.82, 2.24) is 15.1 Å². The van der Waals surface area contributed by atoms with Crippen LogP contribution in [0.5, 0.6) is 5.75 Å². The number of carbonyl (C=O) groups excluding carboxylic acids is 1. The number of nitrogens with zero attached hydrogens (tertiary/aromatic N) is 3. The average Bonchev–Trinajstić information content (AvgIpc) is 3.65. The topological polar surface area (TPSA) is 68.5 Å². The lowest BCUT2D eigenvalue weighted by atomic mass is 10.1. The van der Waals surface area contributed by atoms with Crippen molar-refractivity contribution < 1.29 is 13.9 Å². The van der Waals surface area contributed by atoms with Gasteiger partial charge >= 0.3 is 0 Å². The van der Waals surface area contributed by atoms with Gasteiger partial charge in [0.2, 0.25) is 17.7 Å². The molecule has 1 aromatic carbocycles. The largest absolute Gasteiger partial charge is 0.497 e. The summed E-state index contributed by atoms with van der Waals surface area (Å²) >= 11 is 0. The van der Waals surface area contributed by atoms with E-state index >= 15 is 0 Å². The minimum atomic E-state index is 0.194. The van der Waals surface area contributed by atoms with Crippen molar-refractivity contribution >= 4 is 5.91 Å². The zero-order valence-corrected chi connectivity index (χ0v) is 16.8. The maximum atomic E-state index is 12.6. The van der Waals surface area contributed by atoms with Crippen LogP contribution < -0.4 is 4.74 Å². The lowest BCUT2D eigenvalue weighted by Gasteiger charge is -2.28. The highest BCUT2D eigenvalue weighted by atomic mass is 16.5. The molecule has 2 saturated carbocycles. The highest BCUT2D eigenvalue weighted by Gasteiger charge is 2.44. The van der Waals surface area contributed by atoms with E-state index in [-0.39, 0.29) is 5.91 Å². The van der Waals surface area contributed by atoms with Crippen LogP contribution in [0, 0.1) is 11.8 Å². The number of amides is 1. The molecule has 0 atom stereocenters. The third kappa shape index (κ3) is 4.72. The van der Waals surface area contributed by atoms with E-state index < -0.39 is 0 Å². The molecule has 2 aromatic rings. The molecule has 28 heavy (non-hydrogen) atoms. The SMILES string of the molecule is COc1cccc(CCc2nnc(CCC(=O)N(C)C(C3CC3)C3CC3)o2)c1. The van der Waals surface area contributed by atoms with E-state index in [1.54, 1.807) is 7.11 Å². The van der Waals surface area contributed by atoms with E-state index in [4.69, 9.17) is 9.15 Å². The van der Waals surface area contributed by atoms with Gasteiger partial charge in [0.25, 0.3) is 0 Å². The van der Waals surface area contributed by atoms with Crippen molar-refractivity contribution in [2.24, 2.45) is 11.8 Å². The molecule has 1 heterocycles. The van der Waals surface area contributed by atoms with Crippen LogP contribution in [-0.2, 0) is 24.1 Å². The lowest BCUT2D eigenvalue weighted by Crippen LogP contribution is -2.40. The van der Waals surface area contributed by atoms with E-state index in [9.17, 15) is 4.79 Å². The third-order valence-corrected chi connectivity index (χ3v) is 5.87. The highest BCUT2D eigenvalue weighted by molar-refractivity contribution is 5.76. The van der Waals surface area contributed by atoms with E-state index in [0.717, 1.165) is 24.0 Å². The minimum Gasteiger partial charge on any atom is -0.497 e. The van der Waals surface area contributed by atoms with Gasteiger partial charge < -0.3 is 14.1 Å². The van der Waals surface area contributed by atoms with Gasteiger partial charge in [-0.1, -0.05) is 12.1 Å². The van der Waals surface area contributed by atoms with Crippen LogP contribution in [0.2, 0.25) is 0 Å². The molecule has 0 saturated heterocycles. The van der Waals surface area contributed by atoms with Crippen molar-refractivity contribution in [3.8, 4) is 5.75 Å². The maximum absolute atomic E-state index is 12.6. The number of aryl methyl sites for hydroxylation is 3. The number of ether oxygens (including phenoxy) is 1. The van der Waals surface area contributed by atoms with Gasteiger partial charge in [0.15, 0.2) is 0 Å². The molecular weight excluding hydrogens is 354 g/mol. The molecule has 6 heteroatoms. The molecule has 1 aromatic heterocycles. The second-order valence-electron chi connectivity index (χ2n) is 8.11. The van der Waals surface area contributed by atoms with Crippen molar-refractivity contribution in [2.75, 3.05) is 14.2 Å². The molecule has 0 radical (unpaired) electrons. The Hall–Kier alpha value is -2.37. The predicted octanol–water partition coefficient (Wildman–Crippen LogP) is 3.44. The fourth-order valence-electron chi connectivity index (χ4n) is 4.02. The first kappa shape index (κ1) is 19.0. The van der Waals surface area contributed by atoms with Gasteiger partial charge in [0.05, 0.1) is 7.11 Å². The summed E-state index contributed by atoms with van der Waals surface area (Å²) in [4.78, 5) is 14.6. The summed E-state index contributed by atoms with van der Waals surface area (Å²) in [6.45, 7) is 0. The first-order valence-corrected chi connectivity index (χ1v) is 10.3. The van der Waals surface area contributed by atoms with E-state index in [1.165, 1.54) is 31.2 Å². The fraction of sp³-hybridized carbons (Fsp3) is 0.591. The van der Waals surface area contributed by atoms with Crippen LogP contribution in [0.1, 0.15) is 49.4 Å². The zero-order chi connectivity index (χ0) is 19.5. The average molecular weight is 383 g/mol.